The lowest BCUT2D eigenvalue weighted by Crippen LogP contribution is -2.29. The maximum absolute atomic E-state index is 12.5. The van der Waals surface area contributed by atoms with Crippen LogP contribution in [0.25, 0.3) is 0 Å². The molecule has 0 radical (unpaired) electrons. The van der Waals surface area contributed by atoms with Gasteiger partial charge in [0, 0.05) is 16.7 Å². The van der Waals surface area contributed by atoms with Crippen molar-refractivity contribution in [2.24, 2.45) is 0 Å². The molecule has 0 spiro atoms. The Morgan fingerprint density at radius 3 is 2.37 bits per heavy atom. The number of carbonyl (C=O) groups excluding carboxylic acids is 1. The molecule has 0 atom stereocenters. The van der Waals surface area contributed by atoms with Crippen molar-refractivity contribution in [1.29, 1.82) is 0 Å². The minimum atomic E-state index is 0.0303. The predicted octanol–water partition coefficient (Wildman–Crippen LogP) is 5.25. The van der Waals surface area contributed by atoms with Crippen molar-refractivity contribution in [3.8, 4) is 0 Å². The summed E-state index contributed by atoms with van der Waals surface area (Å²) in [6, 6.07) is 9.86. The molecule has 0 aliphatic carbocycles. The lowest BCUT2D eigenvalue weighted by Gasteiger charge is -2.20. The first kappa shape index (κ1) is 14.8. The highest BCUT2D eigenvalue weighted by atomic mass is 79.9. The number of nitrogens with zero attached hydrogens (tertiary/aromatic N) is 1. The van der Waals surface area contributed by atoms with Gasteiger partial charge in [-0.2, -0.15) is 0 Å². The highest BCUT2D eigenvalue weighted by molar-refractivity contribution is 9.13. The summed E-state index contributed by atoms with van der Waals surface area (Å²) in [7, 11) is 0. The van der Waals surface area contributed by atoms with Gasteiger partial charge in [-0.1, -0.05) is 17.7 Å². The molecule has 19 heavy (non-hydrogen) atoms. The summed E-state index contributed by atoms with van der Waals surface area (Å²) in [6.07, 6.45) is 0. The quantitative estimate of drug-likeness (QED) is 0.686. The zero-order valence-corrected chi connectivity index (χ0v) is 14.6. The highest BCUT2D eigenvalue weighted by Gasteiger charge is 2.19. The summed E-state index contributed by atoms with van der Waals surface area (Å²) >= 11 is 8.28. The smallest absolute Gasteiger partial charge is 0.268 e. The van der Waals surface area contributed by atoms with Gasteiger partial charge in [0.05, 0.1) is 8.66 Å². The molecule has 5 heteroatoms. The average molecular weight is 403 g/mol. The summed E-state index contributed by atoms with van der Waals surface area (Å²) in [5.41, 5.74) is 2.12. The molecule has 2 rings (SSSR count). The zero-order valence-electron chi connectivity index (χ0n) is 10.6. The number of benzene rings is 1. The minimum absolute atomic E-state index is 0.0303. The van der Waals surface area contributed by atoms with Gasteiger partial charge in [-0.15, -0.1) is 11.3 Å². The number of aryl methyl sites for hydroxylation is 1. The van der Waals surface area contributed by atoms with Gasteiger partial charge in [0.25, 0.3) is 5.91 Å². The maximum atomic E-state index is 12.5. The van der Waals surface area contributed by atoms with Crippen molar-refractivity contribution >= 4 is 54.8 Å². The fourth-order valence-corrected chi connectivity index (χ4v) is 3.74. The number of thiophene rings is 1. The van der Waals surface area contributed by atoms with Crippen LogP contribution < -0.4 is 4.90 Å². The van der Waals surface area contributed by atoms with Crippen LogP contribution in [0.2, 0.25) is 0 Å². The second kappa shape index (κ2) is 6.20. The molecule has 0 saturated carbocycles. The molecule has 100 valence electrons. The molecule has 2 aromatic rings. The molecule has 1 aromatic carbocycles. The molecule has 1 amide bonds. The Bertz CT molecular complexity index is 572. The van der Waals surface area contributed by atoms with Crippen molar-refractivity contribution in [1.82, 2.24) is 0 Å². The van der Waals surface area contributed by atoms with Crippen LogP contribution in [0, 0.1) is 6.92 Å². The van der Waals surface area contributed by atoms with E-state index in [1.54, 1.807) is 4.90 Å². The molecular formula is C14H13Br2NOS. The van der Waals surface area contributed by atoms with E-state index < -0.39 is 0 Å². The van der Waals surface area contributed by atoms with Gasteiger partial charge in [0.1, 0.15) is 0 Å². The van der Waals surface area contributed by atoms with Crippen LogP contribution in [0.15, 0.2) is 38.6 Å². The summed E-state index contributed by atoms with van der Waals surface area (Å²) in [5, 5.41) is 0. The number of amides is 1. The van der Waals surface area contributed by atoms with Gasteiger partial charge < -0.3 is 4.90 Å². The van der Waals surface area contributed by atoms with Crippen LogP contribution in [0.3, 0.4) is 0 Å². The molecule has 0 aliphatic heterocycles. The molecule has 0 unspecified atom stereocenters. The molecule has 2 nitrogen and oxygen atoms in total. The fraction of sp³-hybridized carbons (Fsp3) is 0.214. The van der Waals surface area contributed by atoms with Gasteiger partial charge >= 0.3 is 0 Å². The Hall–Kier alpha value is -0.650. The van der Waals surface area contributed by atoms with Crippen molar-refractivity contribution in [3.05, 3.63) is 49.0 Å². The normalized spacial score (nSPS) is 10.5. The van der Waals surface area contributed by atoms with Gasteiger partial charge in [-0.25, -0.2) is 0 Å². The van der Waals surface area contributed by atoms with Crippen molar-refractivity contribution in [2.45, 2.75) is 13.8 Å². The number of hydrogen-bond acceptors (Lipinski definition) is 2. The summed E-state index contributed by atoms with van der Waals surface area (Å²) in [6.45, 7) is 4.67. The molecule has 0 N–H and O–H groups in total. The van der Waals surface area contributed by atoms with Crippen LogP contribution in [-0.2, 0) is 0 Å². The Balaban J connectivity index is 2.31. The Morgan fingerprint density at radius 1 is 1.26 bits per heavy atom. The summed E-state index contributed by atoms with van der Waals surface area (Å²) in [5.74, 6) is 0.0303. The van der Waals surface area contributed by atoms with E-state index >= 15 is 0 Å². The van der Waals surface area contributed by atoms with E-state index in [1.807, 2.05) is 44.2 Å². The van der Waals surface area contributed by atoms with Crippen LogP contribution in [0.1, 0.15) is 22.2 Å². The number of carbonyl (C=O) groups is 1. The Kier molecular flexibility index (Phi) is 4.81. The number of anilines is 1. The molecule has 0 fully saturated rings. The monoisotopic (exact) mass is 401 g/mol. The molecule has 1 heterocycles. The topological polar surface area (TPSA) is 20.3 Å². The lowest BCUT2D eigenvalue weighted by molar-refractivity contribution is 0.0992. The van der Waals surface area contributed by atoms with Crippen LogP contribution >= 0.6 is 43.2 Å². The third kappa shape index (κ3) is 3.27. The van der Waals surface area contributed by atoms with Crippen molar-refractivity contribution in [2.75, 3.05) is 11.4 Å². The predicted molar refractivity (Wildman–Crippen MR) is 88.2 cm³/mol. The fourth-order valence-electron chi connectivity index (χ4n) is 1.75. The molecule has 1 aromatic heterocycles. The third-order valence-electron chi connectivity index (χ3n) is 2.76. The van der Waals surface area contributed by atoms with E-state index in [4.69, 9.17) is 0 Å². The van der Waals surface area contributed by atoms with Crippen molar-refractivity contribution < 1.29 is 4.79 Å². The molecule has 0 aliphatic rings. The Morgan fingerprint density at radius 2 is 1.89 bits per heavy atom. The standard InChI is InChI=1S/C14H13Br2NOS/c1-3-17(10-6-4-9(2)5-7-10)14(18)12-8-11(15)13(16)19-12/h4-8H,3H2,1-2H3. The van der Waals surface area contributed by atoms with E-state index in [-0.39, 0.29) is 5.91 Å². The van der Waals surface area contributed by atoms with Gasteiger partial charge in [0.2, 0.25) is 0 Å². The summed E-state index contributed by atoms with van der Waals surface area (Å²) < 4.78 is 1.86. The van der Waals surface area contributed by atoms with Crippen LogP contribution in [0.5, 0.6) is 0 Å². The second-order valence-electron chi connectivity index (χ2n) is 4.12. The second-order valence-corrected chi connectivity index (χ2v) is 7.34. The van der Waals surface area contributed by atoms with Gasteiger partial charge in [0.15, 0.2) is 0 Å². The maximum Gasteiger partial charge on any atom is 0.268 e. The Labute approximate surface area is 133 Å². The third-order valence-corrected chi connectivity index (χ3v) is 6.01. The zero-order chi connectivity index (χ0) is 14.0. The first-order chi connectivity index (χ1) is 9.02. The first-order valence-electron chi connectivity index (χ1n) is 5.86. The van der Waals surface area contributed by atoms with Crippen LogP contribution in [-0.4, -0.2) is 12.5 Å². The van der Waals surface area contributed by atoms with Gasteiger partial charge in [-0.3, -0.25) is 4.79 Å². The average Bonchev–Trinajstić information content (AvgIpc) is 2.73. The van der Waals surface area contributed by atoms with E-state index in [1.165, 1.54) is 16.9 Å². The number of rotatable bonds is 3. The molecular weight excluding hydrogens is 390 g/mol. The van der Waals surface area contributed by atoms with E-state index in [9.17, 15) is 4.79 Å². The largest absolute Gasteiger partial charge is 0.308 e. The van der Waals surface area contributed by atoms with Crippen LogP contribution in [0.4, 0.5) is 5.69 Å². The molecule has 0 saturated heterocycles. The number of hydrogen-bond donors (Lipinski definition) is 0. The van der Waals surface area contributed by atoms with Crippen molar-refractivity contribution in [3.63, 3.8) is 0 Å². The van der Waals surface area contributed by atoms with E-state index in [0.29, 0.717) is 6.54 Å². The van der Waals surface area contributed by atoms with E-state index in [2.05, 4.69) is 31.9 Å². The van der Waals surface area contributed by atoms with E-state index in [0.717, 1.165) is 18.8 Å². The SMILES string of the molecule is CCN(C(=O)c1cc(Br)c(Br)s1)c1ccc(C)cc1. The highest BCUT2D eigenvalue weighted by Crippen LogP contribution is 2.33. The number of halogens is 2. The molecule has 0 bridgehead atoms. The van der Waals surface area contributed by atoms with Gasteiger partial charge in [-0.05, 0) is 63.9 Å². The minimum Gasteiger partial charge on any atom is -0.308 e. The lowest BCUT2D eigenvalue weighted by atomic mass is 10.2. The first-order valence-corrected chi connectivity index (χ1v) is 8.26. The summed E-state index contributed by atoms with van der Waals surface area (Å²) in [4.78, 5) is 15.0.